The summed E-state index contributed by atoms with van der Waals surface area (Å²) in [7, 11) is 0. The van der Waals surface area contributed by atoms with Crippen LogP contribution in [0.5, 0.6) is 0 Å². The summed E-state index contributed by atoms with van der Waals surface area (Å²) in [5, 5.41) is 9.08. The van der Waals surface area contributed by atoms with E-state index in [1.807, 2.05) is 0 Å². The number of aliphatic carboxylic acids is 1. The quantitative estimate of drug-likeness (QED) is 0.820. The fourth-order valence-corrected chi connectivity index (χ4v) is 3.52. The van der Waals surface area contributed by atoms with Crippen molar-refractivity contribution in [1.82, 2.24) is 0 Å². The first-order valence-corrected chi connectivity index (χ1v) is 7.21. The first kappa shape index (κ1) is 12.0. The third-order valence-electron chi connectivity index (χ3n) is 4.62. The summed E-state index contributed by atoms with van der Waals surface area (Å²) < 4.78 is 5.99. The number of fused-ring (bicyclic) bond motifs is 1. The van der Waals surface area contributed by atoms with Crippen LogP contribution in [0.1, 0.15) is 51.4 Å². The molecule has 0 aromatic rings. The summed E-state index contributed by atoms with van der Waals surface area (Å²) in [6.45, 7) is 0. The van der Waals surface area contributed by atoms with Crippen molar-refractivity contribution in [2.24, 2.45) is 16.8 Å². The fraction of sp³-hybridized carbons (Fsp3) is 0.857. The minimum atomic E-state index is -0.672. The number of carbonyl (C=O) groups is 1. The number of nitrogens with zero attached hydrogens (tertiary/aromatic N) is 1. The van der Waals surface area contributed by atoms with Crippen molar-refractivity contribution in [3.05, 3.63) is 0 Å². The van der Waals surface area contributed by atoms with E-state index in [0.717, 1.165) is 18.7 Å². The van der Waals surface area contributed by atoms with Crippen LogP contribution in [0.4, 0.5) is 0 Å². The van der Waals surface area contributed by atoms with Crippen LogP contribution >= 0.6 is 0 Å². The van der Waals surface area contributed by atoms with Gasteiger partial charge in [-0.25, -0.2) is 4.99 Å². The van der Waals surface area contributed by atoms with Crippen LogP contribution in [0.2, 0.25) is 0 Å². The molecule has 2 aliphatic carbocycles. The van der Waals surface area contributed by atoms with Gasteiger partial charge in [0.05, 0.1) is 12.0 Å². The van der Waals surface area contributed by atoms with Gasteiger partial charge in [0.15, 0.2) is 5.90 Å². The van der Waals surface area contributed by atoms with Gasteiger partial charge in [0.25, 0.3) is 0 Å². The highest BCUT2D eigenvalue weighted by molar-refractivity contribution is 5.81. The molecular weight excluding hydrogens is 230 g/mol. The lowest BCUT2D eigenvalue weighted by atomic mass is 9.84. The van der Waals surface area contributed by atoms with Crippen LogP contribution in [0.3, 0.4) is 0 Å². The second-order valence-corrected chi connectivity index (χ2v) is 5.87. The minimum absolute atomic E-state index is 0.108. The molecule has 100 valence electrons. The second kappa shape index (κ2) is 4.90. The Labute approximate surface area is 107 Å². The van der Waals surface area contributed by atoms with Crippen LogP contribution in [0.25, 0.3) is 0 Å². The van der Waals surface area contributed by atoms with E-state index in [4.69, 9.17) is 14.8 Å². The van der Waals surface area contributed by atoms with E-state index in [9.17, 15) is 4.79 Å². The molecule has 3 aliphatic rings. The normalized spacial score (nSPS) is 36.7. The average Bonchev–Trinajstić information content (AvgIpc) is 2.82. The van der Waals surface area contributed by atoms with Crippen LogP contribution in [-0.2, 0) is 9.53 Å². The van der Waals surface area contributed by atoms with Crippen molar-refractivity contribution in [1.29, 1.82) is 0 Å². The van der Waals surface area contributed by atoms with E-state index in [0.29, 0.717) is 12.3 Å². The molecule has 0 bridgehead atoms. The summed E-state index contributed by atoms with van der Waals surface area (Å²) in [5.41, 5.74) is 0. The maximum absolute atomic E-state index is 11.0. The number of ether oxygens (including phenoxy) is 1. The van der Waals surface area contributed by atoms with Gasteiger partial charge in [-0.2, -0.15) is 0 Å². The Morgan fingerprint density at radius 3 is 2.67 bits per heavy atom. The predicted octanol–water partition coefficient (Wildman–Crippen LogP) is 2.62. The molecule has 3 atom stereocenters. The van der Waals surface area contributed by atoms with Gasteiger partial charge in [-0.1, -0.05) is 19.3 Å². The molecule has 18 heavy (non-hydrogen) atoms. The third-order valence-corrected chi connectivity index (χ3v) is 4.62. The van der Waals surface area contributed by atoms with Gasteiger partial charge < -0.3 is 9.84 Å². The van der Waals surface area contributed by atoms with E-state index in [1.165, 1.54) is 32.1 Å². The lowest BCUT2D eigenvalue weighted by Crippen LogP contribution is -2.34. The van der Waals surface area contributed by atoms with E-state index >= 15 is 0 Å². The molecule has 3 rings (SSSR count). The van der Waals surface area contributed by atoms with E-state index in [2.05, 4.69) is 0 Å². The third kappa shape index (κ3) is 2.25. The summed E-state index contributed by atoms with van der Waals surface area (Å²) in [4.78, 5) is 15.7. The molecule has 0 saturated heterocycles. The summed E-state index contributed by atoms with van der Waals surface area (Å²) in [6, 6.07) is 0.108. The highest BCUT2D eigenvalue weighted by Crippen LogP contribution is 2.36. The predicted molar refractivity (Wildman–Crippen MR) is 67.6 cm³/mol. The molecule has 0 radical (unpaired) electrons. The fourth-order valence-electron chi connectivity index (χ4n) is 3.52. The molecule has 2 saturated carbocycles. The Morgan fingerprint density at radius 1 is 1.17 bits per heavy atom. The Morgan fingerprint density at radius 2 is 1.94 bits per heavy atom. The van der Waals surface area contributed by atoms with Crippen LogP contribution < -0.4 is 0 Å². The van der Waals surface area contributed by atoms with E-state index in [-0.39, 0.29) is 18.1 Å². The van der Waals surface area contributed by atoms with Crippen molar-refractivity contribution in [2.45, 2.75) is 63.5 Å². The van der Waals surface area contributed by atoms with Gasteiger partial charge in [-0.05, 0) is 32.1 Å². The standard InChI is InChI=1S/C14H21NO3/c16-14(17)10-6-7-12-11(8-10)15-13(18-12)9-4-2-1-3-5-9/h9-12H,1-8H2,(H,16,17). The number of carboxylic acids is 1. The Kier molecular flexibility index (Phi) is 3.27. The highest BCUT2D eigenvalue weighted by atomic mass is 16.5. The van der Waals surface area contributed by atoms with Crippen molar-refractivity contribution in [3.63, 3.8) is 0 Å². The zero-order valence-corrected chi connectivity index (χ0v) is 10.7. The summed E-state index contributed by atoms with van der Waals surface area (Å²) in [6.07, 6.45) is 8.69. The minimum Gasteiger partial charge on any atom is -0.481 e. The molecule has 4 nitrogen and oxygen atoms in total. The van der Waals surface area contributed by atoms with Crippen molar-refractivity contribution < 1.29 is 14.6 Å². The molecule has 0 aromatic carbocycles. The molecular formula is C14H21NO3. The molecule has 0 spiro atoms. The maximum Gasteiger partial charge on any atom is 0.306 e. The largest absolute Gasteiger partial charge is 0.481 e. The summed E-state index contributed by atoms with van der Waals surface area (Å²) >= 11 is 0. The number of carboxylic acid groups (broad SMARTS) is 1. The monoisotopic (exact) mass is 251 g/mol. The SMILES string of the molecule is O=C(O)C1CCC2OC(C3CCCCC3)=NC2C1. The lowest BCUT2D eigenvalue weighted by Gasteiger charge is -2.27. The molecule has 1 N–H and O–H groups in total. The van der Waals surface area contributed by atoms with Crippen molar-refractivity contribution >= 4 is 11.9 Å². The first-order chi connectivity index (χ1) is 8.74. The number of aliphatic imine (C=N–C) groups is 1. The van der Waals surface area contributed by atoms with Gasteiger partial charge >= 0.3 is 5.97 Å². The Bertz CT molecular complexity index is 360. The first-order valence-electron chi connectivity index (χ1n) is 7.21. The average molecular weight is 251 g/mol. The van der Waals surface area contributed by atoms with Gasteiger partial charge in [0.1, 0.15) is 6.10 Å². The number of hydrogen-bond acceptors (Lipinski definition) is 3. The van der Waals surface area contributed by atoms with Gasteiger partial charge in [-0.15, -0.1) is 0 Å². The molecule has 3 unspecified atom stereocenters. The van der Waals surface area contributed by atoms with Crippen molar-refractivity contribution in [2.75, 3.05) is 0 Å². The smallest absolute Gasteiger partial charge is 0.306 e. The topological polar surface area (TPSA) is 58.9 Å². The van der Waals surface area contributed by atoms with Gasteiger partial charge in [-0.3, -0.25) is 4.79 Å². The molecule has 2 fully saturated rings. The maximum atomic E-state index is 11.0. The van der Waals surface area contributed by atoms with Gasteiger partial charge in [0.2, 0.25) is 0 Å². The summed E-state index contributed by atoms with van der Waals surface area (Å²) in [5.74, 6) is 0.558. The Hall–Kier alpha value is -1.06. The zero-order valence-electron chi connectivity index (χ0n) is 10.7. The van der Waals surface area contributed by atoms with Crippen LogP contribution in [0, 0.1) is 11.8 Å². The zero-order chi connectivity index (χ0) is 12.5. The number of rotatable bonds is 2. The van der Waals surface area contributed by atoms with Crippen LogP contribution in [-0.4, -0.2) is 29.1 Å². The molecule has 1 heterocycles. The molecule has 0 aromatic heterocycles. The number of hydrogen-bond donors (Lipinski definition) is 1. The molecule has 0 amide bonds. The lowest BCUT2D eigenvalue weighted by molar-refractivity contribution is -0.143. The molecule has 4 heteroatoms. The van der Waals surface area contributed by atoms with Crippen molar-refractivity contribution in [3.8, 4) is 0 Å². The second-order valence-electron chi connectivity index (χ2n) is 5.87. The Balaban J connectivity index is 1.65. The van der Waals surface area contributed by atoms with E-state index in [1.54, 1.807) is 0 Å². The van der Waals surface area contributed by atoms with E-state index < -0.39 is 5.97 Å². The van der Waals surface area contributed by atoms with Crippen LogP contribution in [0.15, 0.2) is 4.99 Å². The van der Waals surface area contributed by atoms with Gasteiger partial charge in [0, 0.05) is 5.92 Å². The molecule has 1 aliphatic heterocycles. The highest BCUT2D eigenvalue weighted by Gasteiger charge is 2.40.